The number of rotatable bonds is 3. The van der Waals surface area contributed by atoms with E-state index >= 15 is 0 Å². The van der Waals surface area contributed by atoms with Crippen molar-refractivity contribution in [3.63, 3.8) is 0 Å². The lowest BCUT2D eigenvalue weighted by Gasteiger charge is -2.16. The highest BCUT2D eigenvalue weighted by molar-refractivity contribution is 6.38. The molecule has 0 unspecified atom stereocenters. The molecule has 2 aromatic carbocycles. The second-order valence-corrected chi connectivity index (χ2v) is 5.75. The lowest BCUT2D eigenvalue weighted by atomic mass is 10.1. The lowest BCUT2D eigenvalue weighted by molar-refractivity contribution is 0.0695. The van der Waals surface area contributed by atoms with Crippen LogP contribution in [0.4, 0.5) is 14.5 Å². The molecule has 0 radical (unpaired) electrons. The molecule has 0 spiro atoms. The topological polar surface area (TPSA) is 91.6 Å². The van der Waals surface area contributed by atoms with Crippen LogP contribution in [0, 0.1) is 11.6 Å². The van der Waals surface area contributed by atoms with E-state index in [9.17, 15) is 28.6 Å². The van der Waals surface area contributed by atoms with Crippen molar-refractivity contribution in [2.45, 2.75) is 0 Å². The summed E-state index contributed by atoms with van der Waals surface area (Å²) in [5.74, 6) is -3.92. The molecule has 0 aliphatic heterocycles. The quantitative estimate of drug-likeness (QED) is 0.648. The summed E-state index contributed by atoms with van der Waals surface area (Å²) in [6, 6.07) is 4.13. The van der Waals surface area contributed by atoms with Gasteiger partial charge in [-0.1, -0.05) is 11.6 Å². The molecule has 9 heteroatoms. The summed E-state index contributed by atoms with van der Waals surface area (Å²) in [5.41, 5.74) is -1.50. The largest absolute Gasteiger partial charge is 0.505 e. The number of benzene rings is 2. The first-order valence-corrected chi connectivity index (χ1v) is 7.61. The Morgan fingerprint density at radius 2 is 1.92 bits per heavy atom. The summed E-state index contributed by atoms with van der Waals surface area (Å²) in [6.45, 7) is 0. The van der Waals surface area contributed by atoms with E-state index in [1.165, 1.54) is 17.7 Å². The van der Waals surface area contributed by atoms with Crippen LogP contribution in [0.5, 0.6) is 5.75 Å². The Hall–Kier alpha value is -3.13. The summed E-state index contributed by atoms with van der Waals surface area (Å²) in [6.07, 6.45) is 0.989. The molecule has 0 aliphatic rings. The highest BCUT2D eigenvalue weighted by atomic mass is 35.5. The van der Waals surface area contributed by atoms with Gasteiger partial charge in [0.05, 0.1) is 21.6 Å². The van der Waals surface area contributed by atoms with Gasteiger partial charge in [-0.2, -0.15) is 0 Å². The predicted octanol–water partition coefficient (Wildman–Crippen LogP) is 3.37. The number of aromatic carboxylic acids is 1. The standard InChI is InChI=1S/C17H11ClF2N2O4/c1-21-14-11(20)5-8-15(13(14)18)22(6-9(16(8)24)17(25)26)7-2-3-10(19)12(23)4-7/h2-6,21,23H,1H3,(H,25,26). The van der Waals surface area contributed by atoms with Gasteiger partial charge in [0.1, 0.15) is 11.4 Å². The highest BCUT2D eigenvalue weighted by Gasteiger charge is 2.21. The Morgan fingerprint density at radius 1 is 1.23 bits per heavy atom. The first-order chi connectivity index (χ1) is 12.3. The number of hydrogen-bond acceptors (Lipinski definition) is 4. The average Bonchev–Trinajstić information content (AvgIpc) is 2.58. The third kappa shape index (κ3) is 2.64. The number of aromatic nitrogens is 1. The van der Waals surface area contributed by atoms with Gasteiger partial charge in [-0.15, -0.1) is 0 Å². The Bertz CT molecular complexity index is 1130. The summed E-state index contributed by atoms with van der Waals surface area (Å²) in [5, 5.41) is 21.0. The second-order valence-electron chi connectivity index (χ2n) is 5.38. The zero-order valence-electron chi connectivity index (χ0n) is 13.2. The van der Waals surface area contributed by atoms with Gasteiger partial charge in [-0.3, -0.25) is 4.79 Å². The lowest BCUT2D eigenvalue weighted by Crippen LogP contribution is -2.19. The third-order valence-corrected chi connectivity index (χ3v) is 4.24. The number of carboxylic acids is 1. The van der Waals surface area contributed by atoms with Crippen molar-refractivity contribution in [2.24, 2.45) is 0 Å². The Morgan fingerprint density at radius 3 is 2.50 bits per heavy atom. The molecule has 0 saturated carbocycles. The van der Waals surface area contributed by atoms with E-state index in [-0.39, 0.29) is 27.3 Å². The number of fused-ring (bicyclic) bond motifs is 1. The van der Waals surface area contributed by atoms with Crippen molar-refractivity contribution in [3.05, 3.63) is 62.9 Å². The van der Waals surface area contributed by atoms with Gasteiger partial charge in [-0.25, -0.2) is 13.6 Å². The summed E-state index contributed by atoms with van der Waals surface area (Å²) < 4.78 is 28.8. The smallest absolute Gasteiger partial charge is 0.341 e. The fraction of sp³-hybridized carbons (Fsp3) is 0.0588. The zero-order chi connectivity index (χ0) is 19.2. The Balaban J connectivity index is 2.54. The van der Waals surface area contributed by atoms with Gasteiger partial charge in [0.25, 0.3) is 0 Å². The number of anilines is 1. The molecule has 6 nitrogen and oxygen atoms in total. The minimum atomic E-state index is -1.52. The molecule has 1 heterocycles. The fourth-order valence-electron chi connectivity index (χ4n) is 2.65. The van der Waals surface area contributed by atoms with Crippen LogP contribution < -0.4 is 10.7 Å². The van der Waals surface area contributed by atoms with Crippen molar-refractivity contribution < 1.29 is 23.8 Å². The number of halogens is 3. The number of nitrogens with one attached hydrogen (secondary N) is 1. The number of hydrogen-bond donors (Lipinski definition) is 3. The SMILES string of the molecule is CNc1c(F)cc2c(=O)c(C(=O)O)cn(-c3ccc(F)c(O)c3)c2c1Cl. The number of phenolic OH excluding ortho intramolecular Hbond substituents is 1. The van der Waals surface area contributed by atoms with Crippen LogP contribution in [0.2, 0.25) is 5.02 Å². The summed E-state index contributed by atoms with van der Waals surface area (Å²) >= 11 is 6.23. The van der Waals surface area contributed by atoms with Crippen LogP contribution in [0.1, 0.15) is 10.4 Å². The molecule has 0 atom stereocenters. The molecule has 0 bridgehead atoms. The molecule has 0 aliphatic carbocycles. The molecular formula is C17H11ClF2N2O4. The maximum absolute atomic E-state index is 14.2. The molecule has 134 valence electrons. The Kier molecular flexibility index (Phi) is 4.29. The van der Waals surface area contributed by atoms with Gasteiger partial charge in [0.15, 0.2) is 11.6 Å². The zero-order valence-corrected chi connectivity index (χ0v) is 13.9. The van der Waals surface area contributed by atoms with Gasteiger partial charge >= 0.3 is 5.97 Å². The molecule has 0 amide bonds. The van der Waals surface area contributed by atoms with Crippen LogP contribution >= 0.6 is 11.6 Å². The van der Waals surface area contributed by atoms with Crippen molar-refractivity contribution >= 4 is 34.2 Å². The molecule has 3 rings (SSSR count). The number of carbonyl (C=O) groups is 1. The van der Waals surface area contributed by atoms with E-state index in [4.69, 9.17) is 11.6 Å². The number of pyridine rings is 1. The van der Waals surface area contributed by atoms with Crippen molar-refractivity contribution in [1.29, 1.82) is 0 Å². The van der Waals surface area contributed by atoms with Crippen molar-refractivity contribution in [1.82, 2.24) is 4.57 Å². The maximum atomic E-state index is 14.2. The molecule has 1 aromatic heterocycles. The molecule has 26 heavy (non-hydrogen) atoms. The second kappa shape index (κ2) is 6.30. The number of nitrogens with zero attached hydrogens (tertiary/aromatic N) is 1. The van der Waals surface area contributed by atoms with Crippen LogP contribution in [0.3, 0.4) is 0 Å². The molecule has 0 fully saturated rings. The predicted molar refractivity (Wildman–Crippen MR) is 92.6 cm³/mol. The van der Waals surface area contributed by atoms with Crippen LogP contribution in [0.15, 0.2) is 35.3 Å². The maximum Gasteiger partial charge on any atom is 0.341 e. The van der Waals surface area contributed by atoms with E-state index in [1.54, 1.807) is 0 Å². The van der Waals surface area contributed by atoms with E-state index in [0.29, 0.717) is 0 Å². The monoisotopic (exact) mass is 380 g/mol. The number of carboxylic acid groups (broad SMARTS) is 1. The van der Waals surface area contributed by atoms with Crippen LogP contribution in [-0.2, 0) is 0 Å². The van der Waals surface area contributed by atoms with Crippen molar-refractivity contribution in [3.8, 4) is 11.4 Å². The fourth-order valence-corrected chi connectivity index (χ4v) is 3.03. The summed E-state index contributed by atoms with van der Waals surface area (Å²) in [4.78, 5) is 23.8. The number of aromatic hydroxyl groups is 1. The van der Waals surface area contributed by atoms with Gasteiger partial charge < -0.3 is 20.1 Å². The van der Waals surface area contributed by atoms with Gasteiger partial charge in [0.2, 0.25) is 5.43 Å². The minimum absolute atomic E-state index is 0.0124. The Labute approximate surface area is 149 Å². The first kappa shape index (κ1) is 17.7. The molecule has 3 aromatic rings. The normalized spacial score (nSPS) is 10.9. The van der Waals surface area contributed by atoms with Gasteiger partial charge in [-0.05, 0) is 18.2 Å². The molecular weight excluding hydrogens is 370 g/mol. The number of phenols is 1. The molecule has 3 N–H and O–H groups in total. The van der Waals surface area contributed by atoms with E-state index in [2.05, 4.69) is 5.32 Å². The van der Waals surface area contributed by atoms with E-state index in [0.717, 1.165) is 24.4 Å². The van der Waals surface area contributed by atoms with Crippen LogP contribution in [0.25, 0.3) is 16.6 Å². The van der Waals surface area contributed by atoms with Gasteiger partial charge in [0, 0.05) is 25.0 Å². The van der Waals surface area contributed by atoms with Crippen LogP contribution in [-0.4, -0.2) is 27.8 Å². The van der Waals surface area contributed by atoms with E-state index < -0.39 is 34.3 Å². The minimum Gasteiger partial charge on any atom is -0.505 e. The van der Waals surface area contributed by atoms with Crippen molar-refractivity contribution in [2.75, 3.05) is 12.4 Å². The summed E-state index contributed by atoms with van der Waals surface area (Å²) in [7, 11) is 1.42. The highest BCUT2D eigenvalue weighted by Crippen LogP contribution is 2.34. The third-order valence-electron chi connectivity index (χ3n) is 3.87. The van der Waals surface area contributed by atoms with E-state index in [1.807, 2.05) is 0 Å². The first-order valence-electron chi connectivity index (χ1n) is 7.23. The average molecular weight is 381 g/mol. The molecule has 0 saturated heterocycles.